The predicted molar refractivity (Wildman–Crippen MR) is 151 cm³/mol. The Morgan fingerprint density at radius 1 is 0.973 bits per heavy atom. The molecule has 1 amide bonds. The van der Waals surface area contributed by atoms with Crippen LogP contribution in [0, 0.1) is 5.92 Å². The van der Waals surface area contributed by atoms with E-state index in [1.807, 2.05) is 61.6 Å². The van der Waals surface area contributed by atoms with Gasteiger partial charge >= 0.3 is 0 Å². The number of hydrogen-bond acceptors (Lipinski definition) is 4. The van der Waals surface area contributed by atoms with E-state index in [-0.39, 0.29) is 12.1 Å². The van der Waals surface area contributed by atoms with Gasteiger partial charge in [-0.2, -0.15) is 0 Å². The smallest absolute Gasteiger partial charge is 0.261 e. The molecule has 3 heterocycles. The molecule has 5 rings (SSSR count). The fraction of sp³-hybridized carbons (Fsp3) is 0.290. The van der Waals surface area contributed by atoms with Gasteiger partial charge in [0.15, 0.2) is 0 Å². The minimum absolute atomic E-state index is 0.00853. The number of hydrogen-bond donors (Lipinski definition) is 0. The summed E-state index contributed by atoms with van der Waals surface area (Å²) in [5.74, 6) is 1.44. The second-order valence-corrected chi connectivity index (χ2v) is 10.2. The van der Waals surface area contributed by atoms with Gasteiger partial charge in [-0.05, 0) is 42.7 Å². The van der Waals surface area contributed by atoms with Crippen molar-refractivity contribution in [1.29, 1.82) is 0 Å². The van der Waals surface area contributed by atoms with Crippen molar-refractivity contribution < 1.29 is 4.79 Å². The third-order valence-electron chi connectivity index (χ3n) is 7.18. The van der Waals surface area contributed by atoms with Gasteiger partial charge in [0.2, 0.25) is 0 Å². The van der Waals surface area contributed by atoms with Crippen LogP contribution in [0.25, 0.3) is 11.3 Å². The second-order valence-electron chi connectivity index (χ2n) is 10.2. The minimum Gasteiger partial charge on any atom is -0.349 e. The lowest BCUT2D eigenvalue weighted by Gasteiger charge is -2.42. The largest absolute Gasteiger partial charge is 0.349 e. The van der Waals surface area contributed by atoms with Crippen LogP contribution < -0.4 is 9.80 Å². The molecule has 1 aliphatic heterocycles. The Balaban J connectivity index is 1.59. The lowest BCUT2D eigenvalue weighted by atomic mass is 10.1. The average Bonchev–Trinajstić information content (AvgIpc) is 3.29. The van der Waals surface area contributed by atoms with Crippen molar-refractivity contribution in [3.8, 4) is 11.3 Å². The maximum Gasteiger partial charge on any atom is 0.261 e. The molecule has 0 saturated heterocycles. The van der Waals surface area contributed by atoms with Gasteiger partial charge in [-0.3, -0.25) is 9.78 Å². The monoisotopic (exact) mass is 493 g/mol. The van der Waals surface area contributed by atoms with E-state index in [2.05, 4.69) is 82.7 Å². The molecule has 1 aliphatic rings. The van der Waals surface area contributed by atoms with Crippen LogP contribution in [0.2, 0.25) is 0 Å². The molecule has 0 spiro atoms. The highest BCUT2D eigenvalue weighted by Crippen LogP contribution is 2.41. The lowest BCUT2D eigenvalue weighted by molar-refractivity contribution is 0.0721. The molecule has 4 aromatic rings. The van der Waals surface area contributed by atoms with Gasteiger partial charge in [-0.15, -0.1) is 0 Å². The van der Waals surface area contributed by atoms with Crippen LogP contribution in [0.4, 0.5) is 17.2 Å². The lowest BCUT2D eigenvalue weighted by Crippen LogP contribution is -2.52. The number of nitrogens with zero attached hydrogens (tertiary/aromatic N) is 5. The number of fused-ring (bicyclic) bond motifs is 1. The Bertz CT molecular complexity index is 1360. The maximum atomic E-state index is 13.7. The molecule has 6 nitrogen and oxygen atoms in total. The third-order valence-corrected chi connectivity index (χ3v) is 7.18. The summed E-state index contributed by atoms with van der Waals surface area (Å²) < 4.78 is 2.23. The standard InChI is InChI=1S/C31H35N5O/c1-22(2)19-36-23(3)33(4)31(37)29-28(36)21-35(30(29)34(5)26-11-7-6-8-12-26)20-24-14-16-25(17-15-24)27-13-9-10-18-32-27/h6-18,21-23H,19-20H2,1-5H3. The van der Waals surface area contributed by atoms with Gasteiger partial charge in [0, 0.05) is 50.8 Å². The molecule has 0 radical (unpaired) electrons. The number of pyridine rings is 1. The van der Waals surface area contributed by atoms with Crippen LogP contribution in [-0.4, -0.2) is 47.2 Å². The zero-order valence-electron chi connectivity index (χ0n) is 22.3. The Hall–Kier alpha value is -4.06. The van der Waals surface area contributed by atoms with Crippen LogP contribution in [0.3, 0.4) is 0 Å². The Labute approximate surface area is 219 Å². The molecule has 2 aromatic carbocycles. The molecule has 1 atom stereocenters. The van der Waals surface area contributed by atoms with Gasteiger partial charge < -0.3 is 19.3 Å². The molecular weight excluding hydrogens is 458 g/mol. The van der Waals surface area contributed by atoms with E-state index in [9.17, 15) is 4.79 Å². The highest BCUT2D eigenvalue weighted by molar-refractivity contribution is 6.07. The van der Waals surface area contributed by atoms with Crippen molar-refractivity contribution in [1.82, 2.24) is 14.5 Å². The van der Waals surface area contributed by atoms with Gasteiger partial charge in [0.25, 0.3) is 5.91 Å². The molecule has 0 fully saturated rings. The van der Waals surface area contributed by atoms with Crippen LogP contribution in [0.1, 0.15) is 36.7 Å². The van der Waals surface area contributed by atoms with E-state index in [1.54, 1.807) is 0 Å². The molecule has 37 heavy (non-hydrogen) atoms. The number of para-hydroxylation sites is 1. The van der Waals surface area contributed by atoms with E-state index < -0.39 is 0 Å². The summed E-state index contributed by atoms with van der Waals surface area (Å²) in [6.45, 7) is 8.09. The molecule has 2 aromatic heterocycles. The summed E-state index contributed by atoms with van der Waals surface area (Å²) in [6.07, 6.45) is 3.98. The molecule has 0 saturated carbocycles. The maximum absolute atomic E-state index is 13.7. The SMILES string of the molecule is CC(C)CN1c2cn(Cc3ccc(-c4ccccn4)cc3)c(N(C)c3ccccc3)c2C(=O)N(C)C1C. The predicted octanol–water partition coefficient (Wildman–Crippen LogP) is 6.26. The molecule has 0 aliphatic carbocycles. The molecule has 1 unspecified atom stereocenters. The number of carbonyl (C=O) groups excluding carboxylic acids is 1. The first-order valence-electron chi connectivity index (χ1n) is 12.9. The number of benzene rings is 2. The van der Waals surface area contributed by atoms with Gasteiger partial charge in [0.1, 0.15) is 17.5 Å². The Morgan fingerprint density at radius 2 is 1.68 bits per heavy atom. The van der Waals surface area contributed by atoms with Crippen molar-refractivity contribution in [2.75, 3.05) is 30.4 Å². The van der Waals surface area contributed by atoms with E-state index >= 15 is 0 Å². The molecular formula is C31H35N5O. The summed E-state index contributed by atoms with van der Waals surface area (Å²) in [4.78, 5) is 24.6. The van der Waals surface area contributed by atoms with Crippen LogP contribution in [-0.2, 0) is 6.54 Å². The second kappa shape index (κ2) is 10.1. The van der Waals surface area contributed by atoms with E-state index in [4.69, 9.17) is 0 Å². The zero-order valence-corrected chi connectivity index (χ0v) is 22.3. The summed E-state index contributed by atoms with van der Waals surface area (Å²) in [6, 6.07) is 24.7. The molecule has 6 heteroatoms. The van der Waals surface area contributed by atoms with Gasteiger partial charge in [-0.25, -0.2) is 0 Å². The summed E-state index contributed by atoms with van der Waals surface area (Å²) in [5, 5.41) is 0. The first kappa shape index (κ1) is 24.6. The summed E-state index contributed by atoms with van der Waals surface area (Å²) in [7, 11) is 3.95. The minimum atomic E-state index is -0.00853. The van der Waals surface area contributed by atoms with Gasteiger partial charge in [-0.1, -0.05) is 62.4 Å². The van der Waals surface area contributed by atoms with Crippen LogP contribution >= 0.6 is 0 Å². The van der Waals surface area contributed by atoms with Crippen LogP contribution in [0.15, 0.2) is 85.2 Å². The zero-order chi connectivity index (χ0) is 26.1. The van der Waals surface area contributed by atoms with Crippen molar-refractivity contribution in [3.63, 3.8) is 0 Å². The van der Waals surface area contributed by atoms with E-state index in [0.717, 1.165) is 40.6 Å². The first-order chi connectivity index (χ1) is 17.8. The first-order valence-corrected chi connectivity index (χ1v) is 12.9. The van der Waals surface area contributed by atoms with Crippen molar-refractivity contribution in [2.45, 2.75) is 33.5 Å². The molecule has 0 N–H and O–H groups in total. The van der Waals surface area contributed by atoms with Crippen molar-refractivity contribution in [2.24, 2.45) is 5.92 Å². The Kier molecular flexibility index (Phi) is 6.74. The van der Waals surface area contributed by atoms with Crippen LogP contribution in [0.5, 0.6) is 0 Å². The van der Waals surface area contributed by atoms with Crippen molar-refractivity contribution in [3.05, 3.63) is 96.3 Å². The Morgan fingerprint density at radius 3 is 2.32 bits per heavy atom. The number of rotatable bonds is 7. The fourth-order valence-corrected chi connectivity index (χ4v) is 5.12. The number of carbonyl (C=O) groups is 1. The average molecular weight is 494 g/mol. The molecule has 190 valence electrons. The molecule has 0 bridgehead atoms. The van der Waals surface area contributed by atoms with E-state index in [1.165, 1.54) is 5.56 Å². The highest BCUT2D eigenvalue weighted by atomic mass is 16.2. The number of anilines is 3. The third kappa shape index (κ3) is 4.71. The van der Waals surface area contributed by atoms with Crippen molar-refractivity contribution >= 4 is 23.1 Å². The quantitative estimate of drug-likeness (QED) is 0.305. The highest BCUT2D eigenvalue weighted by Gasteiger charge is 2.38. The fourth-order valence-electron chi connectivity index (χ4n) is 5.12. The van der Waals surface area contributed by atoms with E-state index in [0.29, 0.717) is 12.5 Å². The number of amides is 1. The summed E-state index contributed by atoms with van der Waals surface area (Å²) in [5.41, 5.74) is 6.02. The topological polar surface area (TPSA) is 44.6 Å². The number of aromatic nitrogens is 2. The summed E-state index contributed by atoms with van der Waals surface area (Å²) >= 11 is 0. The normalized spacial score (nSPS) is 15.3. The van der Waals surface area contributed by atoms with Gasteiger partial charge in [0.05, 0.1) is 11.4 Å².